The molecule has 0 aliphatic heterocycles. The van der Waals surface area contributed by atoms with Gasteiger partial charge in [-0.15, -0.1) is 5.21 Å². The fraction of sp³-hybridized carbons (Fsp3) is 0.667. The summed E-state index contributed by atoms with van der Waals surface area (Å²) >= 11 is 0. The van der Waals surface area contributed by atoms with Crippen LogP contribution in [-0.2, 0) is 10.7 Å². The van der Waals surface area contributed by atoms with Gasteiger partial charge in [0.2, 0.25) is 0 Å². The first-order valence-electron chi connectivity index (χ1n) is 9.29. The van der Waals surface area contributed by atoms with Crippen molar-refractivity contribution in [3.8, 4) is 0 Å². The molecule has 1 atom stereocenters. The molecule has 18 heteroatoms. The molecule has 1 aromatic carbocycles. The maximum atomic E-state index is 14.6. The van der Waals surface area contributed by atoms with Gasteiger partial charge in [0.1, 0.15) is 0 Å². The maximum Gasteiger partial charge on any atom is 0.460 e. The van der Waals surface area contributed by atoms with Gasteiger partial charge in [-0.3, -0.25) is 10.1 Å². The maximum absolute atomic E-state index is 14.6. The molecular weight excluding hydrogens is 539 g/mol. The number of hydroxylamine groups is 2. The first-order chi connectivity index (χ1) is 15.7. The third-order valence-electron chi connectivity index (χ3n) is 5.35. The zero-order chi connectivity index (χ0) is 29.0. The Labute approximate surface area is 193 Å². The van der Waals surface area contributed by atoms with Crippen LogP contribution in [0.3, 0.4) is 0 Å². The van der Waals surface area contributed by atoms with Crippen LogP contribution in [0.1, 0.15) is 32.8 Å². The van der Waals surface area contributed by atoms with Gasteiger partial charge in [0.25, 0.3) is 5.66 Å². The summed E-state index contributed by atoms with van der Waals surface area (Å²) in [6.45, 7) is 1.25. The van der Waals surface area contributed by atoms with E-state index in [1.54, 1.807) is 0 Å². The Hall–Kier alpha value is -2.37. The number of alkyl halides is 13. The van der Waals surface area contributed by atoms with E-state index in [4.69, 9.17) is 0 Å². The summed E-state index contributed by atoms with van der Waals surface area (Å²) in [5.74, 6) is -38.3. The second-order valence-electron chi connectivity index (χ2n) is 8.36. The highest BCUT2D eigenvalue weighted by atomic mass is 19.4. The quantitative estimate of drug-likeness (QED) is 0.140. The van der Waals surface area contributed by atoms with Crippen molar-refractivity contribution in [2.45, 2.75) is 74.2 Å². The van der Waals surface area contributed by atoms with Crippen molar-refractivity contribution in [3.63, 3.8) is 0 Å². The van der Waals surface area contributed by atoms with E-state index in [0.717, 1.165) is 24.3 Å². The topological polar surface area (TPSA) is 66.3 Å². The van der Waals surface area contributed by atoms with E-state index < -0.39 is 69.0 Å². The molecule has 207 valence electrons. The number of rotatable bonds is 10. The second-order valence-corrected chi connectivity index (χ2v) is 8.36. The van der Waals surface area contributed by atoms with E-state index in [-0.39, 0.29) is 0 Å². The largest absolute Gasteiger partial charge is 0.460 e. The molecule has 0 heterocycles. The van der Waals surface area contributed by atoms with E-state index >= 15 is 0 Å². The number of benzene rings is 1. The average molecular weight is 555 g/mol. The number of halogens is 13. The Morgan fingerprint density at radius 3 is 1.47 bits per heavy atom. The summed E-state index contributed by atoms with van der Waals surface area (Å²) < 4.78 is 175. The summed E-state index contributed by atoms with van der Waals surface area (Å²) in [6, 6.07) is 4.59. The zero-order valence-corrected chi connectivity index (χ0v) is 18.1. The van der Waals surface area contributed by atoms with Gasteiger partial charge in [-0.1, -0.05) is 35.4 Å². The van der Waals surface area contributed by atoms with Crippen LogP contribution in [0.2, 0.25) is 0 Å². The van der Waals surface area contributed by atoms with E-state index in [2.05, 4.69) is 0 Å². The SMILES string of the molecule is CC(CC(F)(F)C(F)(F)C(F)(F)C(F)(F)C(F)(F)C(F)(F)F)(c1ccccc1)N([O])C(C)(C)[N+](=O)[O-]. The van der Waals surface area contributed by atoms with E-state index in [9.17, 15) is 72.4 Å². The Morgan fingerprint density at radius 1 is 0.722 bits per heavy atom. The fourth-order valence-corrected chi connectivity index (χ4v) is 3.11. The third-order valence-corrected chi connectivity index (χ3v) is 5.35. The van der Waals surface area contributed by atoms with Gasteiger partial charge in [-0.2, -0.15) is 57.1 Å². The minimum Gasteiger partial charge on any atom is -0.262 e. The summed E-state index contributed by atoms with van der Waals surface area (Å²) in [5.41, 5.74) is -7.05. The highest BCUT2D eigenvalue weighted by Gasteiger charge is 2.91. The molecule has 5 nitrogen and oxygen atoms in total. The standard InChI is InChI=1S/C18H16F13N2O3/c1-11(2,33(35)36)32(34)12(3,10-7-5-4-6-8-10)9-13(19,20)14(21,22)15(23,24)16(25,26)17(27,28)18(29,30)31/h4-8H,9H2,1-3H3. The van der Waals surface area contributed by atoms with Gasteiger partial charge in [0.15, 0.2) is 0 Å². The monoisotopic (exact) mass is 555 g/mol. The van der Waals surface area contributed by atoms with Gasteiger partial charge in [0, 0.05) is 25.2 Å². The van der Waals surface area contributed by atoms with Crippen LogP contribution < -0.4 is 0 Å². The lowest BCUT2D eigenvalue weighted by atomic mass is 9.80. The van der Waals surface area contributed by atoms with E-state index in [0.29, 0.717) is 20.8 Å². The zero-order valence-electron chi connectivity index (χ0n) is 18.1. The Bertz CT molecular complexity index is 951. The van der Waals surface area contributed by atoms with E-state index in [1.807, 2.05) is 0 Å². The van der Waals surface area contributed by atoms with Crippen LogP contribution in [0.25, 0.3) is 0 Å². The van der Waals surface area contributed by atoms with Crippen molar-refractivity contribution in [2.24, 2.45) is 0 Å². The van der Waals surface area contributed by atoms with Crippen LogP contribution in [-0.4, -0.2) is 51.4 Å². The lowest BCUT2D eigenvalue weighted by Crippen LogP contribution is -2.71. The predicted octanol–water partition coefficient (Wildman–Crippen LogP) is 6.69. The van der Waals surface area contributed by atoms with Crippen LogP contribution in [0.5, 0.6) is 0 Å². The molecule has 1 radical (unpaired) electrons. The normalized spacial score (nSPS) is 16.7. The minimum absolute atomic E-state index is 0.297. The molecule has 0 bridgehead atoms. The highest BCUT2D eigenvalue weighted by Crippen LogP contribution is 2.61. The van der Waals surface area contributed by atoms with Crippen molar-refractivity contribution in [3.05, 3.63) is 46.0 Å². The highest BCUT2D eigenvalue weighted by molar-refractivity contribution is 5.25. The molecule has 0 spiro atoms. The minimum atomic E-state index is -8.11. The van der Waals surface area contributed by atoms with Gasteiger partial charge in [0.05, 0.1) is 5.54 Å². The molecule has 0 fully saturated rings. The third kappa shape index (κ3) is 4.56. The number of hydrogen-bond donors (Lipinski definition) is 0. The Morgan fingerprint density at radius 2 is 1.11 bits per heavy atom. The molecule has 1 unspecified atom stereocenters. The molecule has 0 saturated heterocycles. The summed E-state index contributed by atoms with van der Waals surface area (Å²) in [6.07, 6.45) is -10.5. The van der Waals surface area contributed by atoms with Crippen molar-refractivity contribution >= 4 is 0 Å². The Kier molecular flexibility index (Phi) is 7.81. The van der Waals surface area contributed by atoms with Crippen molar-refractivity contribution in [1.82, 2.24) is 5.06 Å². The lowest BCUT2D eigenvalue weighted by molar-refractivity contribution is -0.631. The van der Waals surface area contributed by atoms with Gasteiger partial charge in [-0.05, 0) is 12.5 Å². The fourth-order valence-electron chi connectivity index (χ4n) is 3.11. The number of nitrogens with zero attached hydrogens (tertiary/aromatic N) is 2. The molecule has 1 rings (SSSR count). The second kappa shape index (κ2) is 8.88. The lowest BCUT2D eigenvalue weighted by Gasteiger charge is -2.44. The van der Waals surface area contributed by atoms with Crippen LogP contribution in [0, 0.1) is 10.1 Å². The molecule has 0 aromatic heterocycles. The van der Waals surface area contributed by atoms with Gasteiger partial charge < -0.3 is 0 Å². The molecule has 0 aliphatic carbocycles. The summed E-state index contributed by atoms with van der Waals surface area (Å²) in [5, 5.41) is 23.1. The smallest absolute Gasteiger partial charge is 0.262 e. The number of nitro groups is 1. The van der Waals surface area contributed by atoms with Crippen molar-refractivity contribution in [1.29, 1.82) is 0 Å². The van der Waals surface area contributed by atoms with Crippen molar-refractivity contribution < 1.29 is 67.2 Å². The molecular formula is C18H16F13N2O3. The van der Waals surface area contributed by atoms with E-state index in [1.165, 1.54) is 6.07 Å². The van der Waals surface area contributed by atoms with Gasteiger partial charge in [-0.25, -0.2) is 0 Å². The molecule has 0 aliphatic rings. The van der Waals surface area contributed by atoms with Crippen LogP contribution in [0.15, 0.2) is 30.3 Å². The van der Waals surface area contributed by atoms with Crippen LogP contribution in [0.4, 0.5) is 57.1 Å². The average Bonchev–Trinajstić information content (AvgIpc) is 2.71. The summed E-state index contributed by atoms with van der Waals surface area (Å²) in [4.78, 5) is 9.82. The first kappa shape index (κ1) is 31.7. The van der Waals surface area contributed by atoms with Crippen LogP contribution >= 0.6 is 0 Å². The first-order valence-corrected chi connectivity index (χ1v) is 9.29. The predicted molar refractivity (Wildman–Crippen MR) is 92.8 cm³/mol. The van der Waals surface area contributed by atoms with Crippen molar-refractivity contribution in [2.75, 3.05) is 0 Å². The molecule has 36 heavy (non-hydrogen) atoms. The van der Waals surface area contributed by atoms with Gasteiger partial charge >= 0.3 is 35.8 Å². The molecule has 0 amide bonds. The molecule has 1 aromatic rings. The molecule has 0 N–H and O–H groups in total. The summed E-state index contributed by atoms with van der Waals surface area (Å²) in [7, 11) is 0. The molecule has 0 saturated carbocycles. The Balaban J connectivity index is 3.77. The number of hydrogen-bond acceptors (Lipinski definition) is 3.